The van der Waals surface area contributed by atoms with Gasteiger partial charge in [-0.3, -0.25) is 0 Å². The predicted molar refractivity (Wildman–Crippen MR) is 64.0 cm³/mol. The smallest absolute Gasteiger partial charge is 0.123 e. The van der Waals surface area contributed by atoms with Crippen LogP contribution in [0.3, 0.4) is 0 Å². The van der Waals surface area contributed by atoms with Gasteiger partial charge in [-0.25, -0.2) is 4.98 Å². The maximum atomic E-state index is 5.50. The third-order valence-electron chi connectivity index (χ3n) is 2.08. The second kappa shape index (κ2) is 4.42. The zero-order valence-electron chi connectivity index (χ0n) is 8.30. The fourth-order valence-corrected chi connectivity index (χ4v) is 1.27. The van der Waals surface area contributed by atoms with Crippen LogP contribution in [0.1, 0.15) is 11.1 Å². The molecule has 0 atom stereocenters. The highest BCUT2D eigenvalue weighted by molar-refractivity contribution is 5.69. The zero-order valence-corrected chi connectivity index (χ0v) is 8.30. The van der Waals surface area contributed by atoms with Crippen molar-refractivity contribution in [2.45, 2.75) is 0 Å². The van der Waals surface area contributed by atoms with E-state index in [4.69, 9.17) is 5.73 Å². The highest BCUT2D eigenvalue weighted by Gasteiger charge is 1.88. The average molecular weight is 196 g/mol. The first-order chi connectivity index (χ1) is 7.34. The molecule has 1 aromatic heterocycles. The number of hydrogen-bond donors (Lipinski definition) is 1. The summed E-state index contributed by atoms with van der Waals surface area (Å²) in [6.45, 7) is 0. The van der Waals surface area contributed by atoms with E-state index in [-0.39, 0.29) is 0 Å². The summed E-state index contributed by atoms with van der Waals surface area (Å²) in [7, 11) is 0. The highest BCUT2D eigenvalue weighted by atomic mass is 14.8. The van der Waals surface area contributed by atoms with Crippen molar-refractivity contribution < 1.29 is 0 Å². The molecule has 15 heavy (non-hydrogen) atoms. The van der Waals surface area contributed by atoms with Gasteiger partial charge in [0, 0.05) is 6.20 Å². The van der Waals surface area contributed by atoms with E-state index in [2.05, 4.69) is 17.1 Å². The summed E-state index contributed by atoms with van der Waals surface area (Å²) in [5.41, 5.74) is 7.72. The Labute approximate surface area is 89.1 Å². The molecule has 1 heterocycles. The quantitative estimate of drug-likeness (QED) is 0.802. The number of nitrogens with zero attached hydrogens (tertiary/aromatic N) is 1. The largest absolute Gasteiger partial charge is 0.384 e. The van der Waals surface area contributed by atoms with Crippen LogP contribution in [0.25, 0.3) is 12.2 Å². The van der Waals surface area contributed by atoms with Crippen LogP contribution in [0.2, 0.25) is 0 Å². The number of rotatable bonds is 2. The molecule has 0 aliphatic rings. The Balaban J connectivity index is 2.15. The van der Waals surface area contributed by atoms with E-state index in [1.165, 1.54) is 5.56 Å². The van der Waals surface area contributed by atoms with E-state index in [1.807, 2.05) is 36.4 Å². The molecule has 0 saturated heterocycles. The second-order valence-electron chi connectivity index (χ2n) is 3.26. The van der Waals surface area contributed by atoms with Gasteiger partial charge in [0.25, 0.3) is 0 Å². The summed E-state index contributed by atoms with van der Waals surface area (Å²) < 4.78 is 0. The molecular weight excluding hydrogens is 184 g/mol. The molecule has 0 radical (unpaired) electrons. The standard InChI is InChI=1S/C13H12N2/c14-13-9-8-12(10-15-13)7-6-11-4-2-1-3-5-11/h1-10H,(H2,14,15). The van der Waals surface area contributed by atoms with Gasteiger partial charge in [0.15, 0.2) is 0 Å². The molecule has 0 aliphatic heterocycles. The summed E-state index contributed by atoms with van der Waals surface area (Å²) in [6.07, 6.45) is 5.82. The van der Waals surface area contributed by atoms with Crippen molar-refractivity contribution in [3.05, 3.63) is 59.8 Å². The number of anilines is 1. The van der Waals surface area contributed by atoms with Gasteiger partial charge in [-0.2, -0.15) is 0 Å². The van der Waals surface area contributed by atoms with Crippen molar-refractivity contribution in [1.29, 1.82) is 0 Å². The summed E-state index contributed by atoms with van der Waals surface area (Å²) in [4.78, 5) is 4.02. The fraction of sp³-hybridized carbons (Fsp3) is 0. The average Bonchev–Trinajstić information content (AvgIpc) is 2.30. The van der Waals surface area contributed by atoms with E-state index in [0.717, 1.165) is 5.56 Å². The van der Waals surface area contributed by atoms with Gasteiger partial charge >= 0.3 is 0 Å². The third kappa shape index (κ3) is 2.68. The van der Waals surface area contributed by atoms with E-state index < -0.39 is 0 Å². The molecule has 0 bridgehead atoms. The van der Waals surface area contributed by atoms with Gasteiger partial charge in [-0.1, -0.05) is 42.5 Å². The third-order valence-corrected chi connectivity index (χ3v) is 2.08. The van der Waals surface area contributed by atoms with E-state index in [0.29, 0.717) is 5.82 Å². The van der Waals surface area contributed by atoms with E-state index >= 15 is 0 Å². The lowest BCUT2D eigenvalue weighted by Gasteiger charge is -1.94. The Morgan fingerprint density at radius 1 is 0.867 bits per heavy atom. The topological polar surface area (TPSA) is 38.9 Å². The summed E-state index contributed by atoms with van der Waals surface area (Å²) in [5, 5.41) is 0. The highest BCUT2D eigenvalue weighted by Crippen LogP contribution is 2.07. The summed E-state index contributed by atoms with van der Waals surface area (Å²) in [5.74, 6) is 0.548. The van der Waals surface area contributed by atoms with Crippen molar-refractivity contribution >= 4 is 18.0 Å². The Hall–Kier alpha value is -2.09. The molecule has 0 spiro atoms. The number of hydrogen-bond acceptors (Lipinski definition) is 2. The minimum atomic E-state index is 0.548. The van der Waals surface area contributed by atoms with Crippen LogP contribution in [-0.4, -0.2) is 4.98 Å². The first-order valence-corrected chi connectivity index (χ1v) is 4.79. The van der Waals surface area contributed by atoms with Gasteiger partial charge in [-0.15, -0.1) is 0 Å². The molecule has 2 heteroatoms. The zero-order chi connectivity index (χ0) is 10.5. The number of benzene rings is 1. The Bertz CT molecular complexity index is 444. The lowest BCUT2D eigenvalue weighted by molar-refractivity contribution is 1.33. The molecule has 0 fully saturated rings. The van der Waals surface area contributed by atoms with Crippen molar-refractivity contribution in [1.82, 2.24) is 4.98 Å². The van der Waals surface area contributed by atoms with Gasteiger partial charge in [0.05, 0.1) is 0 Å². The first kappa shape index (κ1) is 9.46. The van der Waals surface area contributed by atoms with Crippen LogP contribution in [0, 0.1) is 0 Å². The SMILES string of the molecule is Nc1ccc(C=Cc2ccccc2)cn1. The number of nitrogens with two attached hydrogens (primary N) is 1. The number of aromatic nitrogens is 1. The normalized spacial score (nSPS) is 10.7. The van der Waals surface area contributed by atoms with Crippen LogP contribution in [0.15, 0.2) is 48.7 Å². The van der Waals surface area contributed by atoms with Gasteiger partial charge < -0.3 is 5.73 Å². The van der Waals surface area contributed by atoms with Crippen LogP contribution < -0.4 is 5.73 Å². The van der Waals surface area contributed by atoms with Crippen LogP contribution in [0.4, 0.5) is 5.82 Å². The van der Waals surface area contributed by atoms with Crippen molar-refractivity contribution in [2.75, 3.05) is 5.73 Å². The molecular formula is C13H12N2. The van der Waals surface area contributed by atoms with Crippen LogP contribution >= 0.6 is 0 Å². The van der Waals surface area contributed by atoms with Crippen molar-refractivity contribution in [3.8, 4) is 0 Å². The lowest BCUT2D eigenvalue weighted by Crippen LogP contribution is -1.87. The van der Waals surface area contributed by atoms with Crippen LogP contribution in [-0.2, 0) is 0 Å². The van der Waals surface area contributed by atoms with Gasteiger partial charge in [0.1, 0.15) is 5.82 Å². The monoisotopic (exact) mass is 196 g/mol. The van der Waals surface area contributed by atoms with Crippen LogP contribution in [0.5, 0.6) is 0 Å². The van der Waals surface area contributed by atoms with E-state index in [9.17, 15) is 0 Å². The molecule has 1 aromatic carbocycles. The molecule has 0 unspecified atom stereocenters. The minimum Gasteiger partial charge on any atom is -0.384 e. The summed E-state index contributed by atoms with van der Waals surface area (Å²) >= 11 is 0. The Morgan fingerprint density at radius 2 is 1.60 bits per heavy atom. The predicted octanol–water partition coefficient (Wildman–Crippen LogP) is 2.83. The van der Waals surface area contributed by atoms with Crippen molar-refractivity contribution in [2.24, 2.45) is 0 Å². The maximum absolute atomic E-state index is 5.50. The van der Waals surface area contributed by atoms with Crippen molar-refractivity contribution in [3.63, 3.8) is 0 Å². The summed E-state index contributed by atoms with van der Waals surface area (Å²) in [6, 6.07) is 13.9. The molecule has 74 valence electrons. The fourth-order valence-electron chi connectivity index (χ4n) is 1.27. The number of pyridine rings is 1. The molecule has 0 aliphatic carbocycles. The number of nitrogen functional groups attached to an aromatic ring is 1. The molecule has 2 N–H and O–H groups in total. The van der Waals surface area contributed by atoms with E-state index in [1.54, 1.807) is 12.3 Å². The molecule has 0 amide bonds. The molecule has 0 saturated carbocycles. The molecule has 2 aromatic rings. The molecule has 2 rings (SSSR count). The lowest BCUT2D eigenvalue weighted by atomic mass is 10.2. The minimum absolute atomic E-state index is 0.548. The Morgan fingerprint density at radius 3 is 2.27 bits per heavy atom. The molecule has 2 nitrogen and oxygen atoms in total. The second-order valence-corrected chi connectivity index (χ2v) is 3.26. The van der Waals surface area contributed by atoms with Gasteiger partial charge in [0.2, 0.25) is 0 Å². The maximum Gasteiger partial charge on any atom is 0.123 e. The first-order valence-electron chi connectivity index (χ1n) is 4.79. The Kier molecular flexibility index (Phi) is 2.79. The van der Waals surface area contributed by atoms with Gasteiger partial charge in [-0.05, 0) is 23.3 Å².